The minimum absolute atomic E-state index is 0.430. The monoisotopic (exact) mass is 256 g/mol. The topological polar surface area (TPSA) is 20.2 Å². The van der Waals surface area contributed by atoms with Gasteiger partial charge in [-0.05, 0) is 0 Å². The Morgan fingerprint density at radius 2 is 2.07 bits per heavy atom. The molecule has 1 heterocycles. The summed E-state index contributed by atoms with van der Waals surface area (Å²) < 4.78 is 0. The minimum atomic E-state index is -0.430. The summed E-state index contributed by atoms with van der Waals surface area (Å²) in [6.45, 7) is 1.97. The van der Waals surface area contributed by atoms with E-state index in [9.17, 15) is 5.11 Å². The van der Waals surface area contributed by atoms with E-state index in [0.717, 1.165) is 12.8 Å². The fraction of sp³-hybridized carbons (Fsp3) is 0.500. The number of aliphatic hydroxyl groups is 1. The zero-order valence-corrected chi connectivity index (χ0v) is 10.2. The molecule has 2 rings (SSSR count). The molecule has 0 aliphatic carbocycles. The first-order chi connectivity index (χ1) is 6.67. The standard InChI is InChI=1S/C12H16OSe/c1-12(13)7-8-14-11(9-12)10-5-3-2-4-6-10/h2-6,11,13H,7-9H2,1H3/t11-,12+/m0/s1. The van der Waals surface area contributed by atoms with Crippen LogP contribution in [0, 0.1) is 0 Å². The van der Waals surface area contributed by atoms with E-state index in [-0.39, 0.29) is 0 Å². The molecule has 76 valence electrons. The van der Waals surface area contributed by atoms with Crippen molar-refractivity contribution in [2.24, 2.45) is 0 Å². The van der Waals surface area contributed by atoms with Crippen LogP contribution in [-0.2, 0) is 0 Å². The maximum absolute atomic E-state index is 10.0. The second-order valence-electron chi connectivity index (χ2n) is 4.22. The van der Waals surface area contributed by atoms with Crippen LogP contribution >= 0.6 is 0 Å². The van der Waals surface area contributed by atoms with Gasteiger partial charge in [0.25, 0.3) is 0 Å². The van der Waals surface area contributed by atoms with Gasteiger partial charge in [0.15, 0.2) is 0 Å². The molecule has 2 atom stereocenters. The van der Waals surface area contributed by atoms with Gasteiger partial charge in [-0.15, -0.1) is 0 Å². The van der Waals surface area contributed by atoms with Crippen molar-refractivity contribution >= 4 is 15.0 Å². The zero-order valence-electron chi connectivity index (χ0n) is 8.44. The van der Waals surface area contributed by atoms with Gasteiger partial charge in [-0.2, -0.15) is 0 Å². The van der Waals surface area contributed by atoms with Gasteiger partial charge >= 0.3 is 91.5 Å². The van der Waals surface area contributed by atoms with Gasteiger partial charge in [0, 0.05) is 0 Å². The quantitative estimate of drug-likeness (QED) is 0.764. The van der Waals surface area contributed by atoms with Crippen molar-refractivity contribution in [2.45, 2.75) is 35.5 Å². The molecule has 0 spiro atoms. The molecule has 0 saturated carbocycles. The van der Waals surface area contributed by atoms with Crippen molar-refractivity contribution in [3.8, 4) is 0 Å². The second-order valence-corrected chi connectivity index (χ2v) is 6.97. The molecule has 0 radical (unpaired) electrons. The molecule has 0 bridgehead atoms. The molecule has 1 aromatic carbocycles. The summed E-state index contributed by atoms with van der Waals surface area (Å²) in [4.78, 5) is 0.618. The Morgan fingerprint density at radius 1 is 1.36 bits per heavy atom. The summed E-state index contributed by atoms with van der Waals surface area (Å²) in [7, 11) is 0. The van der Waals surface area contributed by atoms with E-state index in [0.29, 0.717) is 19.8 Å². The molecule has 0 amide bonds. The van der Waals surface area contributed by atoms with Crippen molar-refractivity contribution in [3.63, 3.8) is 0 Å². The molecule has 0 unspecified atom stereocenters. The molecule has 1 aromatic rings. The molecule has 1 saturated heterocycles. The molecule has 1 N–H and O–H groups in total. The average Bonchev–Trinajstić information content (AvgIpc) is 2.18. The normalized spacial score (nSPS) is 32.9. The third-order valence-corrected chi connectivity index (χ3v) is 5.44. The summed E-state index contributed by atoms with van der Waals surface area (Å²) >= 11 is 0.670. The molecular weight excluding hydrogens is 239 g/mol. The summed E-state index contributed by atoms with van der Waals surface area (Å²) in [6.07, 6.45) is 1.92. The van der Waals surface area contributed by atoms with Gasteiger partial charge in [-0.1, -0.05) is 0 Å². The van der Waals surface area contributed by atoms with Crippen LogP contribution in [0.25, 0.3) is 0 Å². The van der Waals surface area contributed by atoms with Crippen LogP contribution in [-0.4, -0.2) is 25.7 Å². The van der Waals surface area contributed by atoms with Gasteiger partial charge in [0.05, 0.1) is 0 Å². The van der Waals surface area contributed by atoms with Crippen LogP contribution in [0.4, 0.5) is 0 Å². The van der Waals surface area contributed by atoms with Gasteiger partial charge in [-0.3, -0.25) is 0 Å². The molecule has 2 heteroatoms. The van der Waals surface area contributed by atoms with Crippen molar-refractivity contribution in [1.82, 2.24) is 0 Å². The Morgan fingerprint density at radius 3 is 2.71 bits per heavy atom. The second kappa shape index (κ2) is 4.06. The van der Waals surface area contributed by atoms with E-state index in [1.165, 1.54) is 10.9 Å². The fourth-order valence-corrected chi connectivity index (χ4v) is 5.36. The summed E-state index contributed by atoms with van der Waals surface area (Å²) in [6, 6.07) is 10.6. The van der Waals surface area contributed by atoms with Crippen LogP contribution in [0.1, 0.15) is 30.1 Å². The molecule has 1 fully saturated rings. The number of hydrogen-bond donors (Lipinski definition) is 1. The summed E-state index contributed by atoms with van der Waals surface area (Å²) in [5, 5.41) is 11.2. The predicted molar refractivity (Wildman–Crippen MR) is 59.6 cm³/mol. The van der Waals surface area contributed by atoms with E-state index in [4.69, 9.17) is 0 Å². The van der Waals surface area contributed by atoms with Crippen LogP contribution in [0.15, 0.2) is 30.3 Å². The molecule has 1 aliphatic rings. The Labute approximate surface area is 91.7 Å². The van der Waals surface area contributed by atoms with Crippen molar-refractivity contribution in [2.75, 3.05) is 0 Å². The van der Waals surface area contributed by atoms with Crippen molar-refractivity contribution in [1.29, 1.82) is 0 Å². The van der Waals surface area contributed by atoms with E-state index in [2.05, 4.69) is 30.3 Å². The van der Waals surface area contributed by atoms with Gasteiger partial charge in [0.2, 0.25) is 0 Å². The van der Waals surface area contributed by atoms with Crippen molar-refractivity contribution in [3.05, 3.63) is 35.9 Å². The first-order valence-corrected chi connectivity index (χ1v) is 7.26. The Kier molecular flexibility index (Phi) is 2.96. The van der Waals surface area contributed by atoms with Crippen LogP contribution in [0.3, 0.4) is 0 Å². The molecule has 14 heavy (non-hydrogen) atoms. The zero-order chi connectivity index (χ0) is 10.0. The first-order valence-electron chi connectivity index (χ1n) is 5.06. The molecular formula is C12H16OSe. The molecule has 1 aliphatic heterocycles. The molecule has 0 aromatic heterocycles. The Hall–Kier alpha value is -0.301. The first kappa shape index (κ1) is 10.2. The fourth-order valence-electron chi connectivity index (χ4n) is 1.86. The third-order valence-electron chi connectivity index (χ3n) is 2.76. The van der Waals surface area contributed by atoms with Gasteiger partial charge in [-0.25, -0.2) is 0 Å². The summed E-state index contributed by atoms with van der Waals surface area (Å²) in [5.74, 6) is 0. The maximum atomic E-state index is 10.0. The third kappa shape index (κ3) is 2.38. The number of benzene rings is 1. The Bertz CT molecular complexity index is 294. The van der Waals surface area contributed by atoms with Gasteiger partial charge in [0.1, 0.15) is 0 Å². The molecule has 1 nitrogen and oxygen atoms in total. The Balaban J connectivity index is 2.12. The van der Waals surface area contributed by atoms with Crippen LogP contribution < -0.4 is 0 Å². The number of rotatable bonds is 1. The van der Waals surface area contributed by atoms with E-state index in [1.54, 1.807) is 0 Å². The van der Waals surface area contributed by atoms with E-state index in [1.807, 2.05) is 6.92 Å². The average molecular weight is 255 g/mol. The predicted octanol–water partition coefficient (Wildman–Crippen LogP) is 2.40. The van der Waals surface area contributed by atoms with Crippen LogP contribution in [0.2, 0.25) is 5.32 Å². The van der Waals surface area contributed by atoms with Crippen LogP contribution in [0.5, 0.6) is 0 Å². The van der Waals surface area contributed by atoms with E-state index >= 15 is 0 Å². The number of hydrogen-bond acceptors (Lipinski definition) is 1. The SMILES string of the molecule is C[C@@]1(O)CC[Se][C@H](c2ccccc2)C1. The van der Waals surface area contributed by atoms with Gasteiger partial charge < -0.3 is 0 Å². The van der Waals surface area contributed by atoms with Crippen molar-refractivity contribution < 1.29 is 5.11 Å². The summed E-state index contributed by atoms with van der Waals surface area (Å²) in [5.41, 5.74) is 0.980. The van der Waals surface area contributed by atoms with E-state index < -0.39 is 5.60 Å².